The van der Waals surface area contributed by atoms with Gasteiger partial charge in [0.05, 0.1) is 23.2 Å². The Hall–Kier alpha value is -6.10. The van der Waals surface area contributed by atoms with Crippen molar-refractivity contribution < 1.29 is 33.5 Å². The van der Waals surface area contributed by atoms with Gasteiger partial charge >= 0.3 is 5.97 Å². The topological polar surface area (TPSA) is 151 Å². The predicted octanol–water partition coefficient (Wildman–Crippen LogP) is 4.17. The van der Waals surface area contributed by atoms with Crippen molar-refractivity contribution in [2.75, 3.05) is 39.1 Å². The van der Waals surface area contributed by atoms with Gasteiger partial charge in [-0.2, -0.15) is 0 Å². The Kier molecular flexibility index (Phi) is 12.4. The number of hydrogen-bond donors (Lipinski definition) is 3. The van der Waals surface area contributed by atoms with Crippen molar-refractivity contribution in [1.82, 2.24) is 15.5 Å². The summed E-state index contributed by atoms with van der Waals surface area (Å²) in [5.74, 6) is -3.35. The fourth-order valence-corrected chi connectivity index (χ4v) is 5.37. The monoisotopic (exact) mass is 676 g/mol. The summed E-state index contributed by atoms with van der Waals surface area (Å²) in [6.45, 7) is 3.38. The highest BCUT2D eigenvalue weighted by atomic mass is 16.5. The number of hydrogen-bond acceptors (Lipinski definition) is 7. The van der Waals surface area contributed by atoms with Crippen molar-refractivity contribution >= 4 is 41.1 Å². The number of rotatable bonds is 14. The van der Waals surface area contributed by atoms with E-state index in [2.05, 4.69) is 16.0 Å². The zero-order valence-corrected chi connectivity index (χ0v) is 28.4. The molecular weight excluding hydrogens is 636 g/mol. The number of nitrogens with zero attached hydrogens (tertiary/aromatic N) is 1. The summed E-state index contributed by atoms with van der Waals surface area (Å²) in [7, 11) is 3.10. The minimum atomic E-state index is -1.85. The average Bonchev–Trinajstić information content (AvgIpc) is 3.13. The first-order valence-electron chi connectivity index (χ1n) is 16.2. The number of carbonyl (C=O) groups is 6. The maximum atomic E-state index is 13.5. The van der Waals surface area contributed by atoms with Crippen LogP contribution >= 0.6 is 0 Å². The van der Waals surface area contributed by atoms with Crippen molar-refractivity contribution in [1.29, 1.82) is 0 Å². The number of anilines is 1. The first-order chi connectivity index (χ1) is 24.0. The van der Waals surface area contributed by atoms with Gasteiger partial charge in [0.15, 0.2) is 11.2 Å². The van der Waals surface area contributed by atoms with Gasteiger partial charge in [0.2, 0.25) is 11.8 Å². The Balaban J connectivity index is 1.59. The number of ketones is 1. The van der Waals surface area contributed by atoms with E-state index in [9.17, 15) is 28.8 Å². The molecule has 0 aromatic heterocycles. The van der Waals surface area contributed by atoms with Crippen LogP contribution in [-0.2, 0) is 31.0 Å². The van der Waals surface area contributed by atoms with Gasteiger partial charge < -0.3 is 25.6 Å². The molecule has 0 aliphatic rings. The molecule has 11 heteroatoms. The number of esters is 1. The Labute approximate surface area is 291 Å². The second kappa shape index (κ2) is 16.8. The van der Waals surface area contributed by atoms with E-state index in [4.69, 9.17) is 4.74 Å². The van der Waals surface area contributed by atoms with Crippen LogP contribution < -0.4 is 16.0 Å². The molecular formula is C39H40N4O7. The molecule has 0 radical (unpaired) electrons. The van der Waals surface area contributed by atoms with E-state index in [-0.39, 0.29) is 47.7 Å². The number of carbonyl (C=O) groups excluding carboxylic acids is 6. The van der Waals surface area contributed by atoms with E-state index >= 15 is 0 Å². The molecule has 4 aromatic carbocycles. The molecule has 0 bridgehead atoms. The molecule has 3 N–H and O–H groups in total. The number of benzene rings is 4. The standard InChI is InChI=1S/C39H40N4O7/c1-5-40-37(48)39(38(49)41-6-2,28-17-11-8-12-18-28)25-50-33(44)24-26-21-22-32(31(23-26)36(47)43(3)4)42-35(46)30-20-14-13-19-29(30)34(45)27-15-9-7-10-16-27/h7-23H,5-6,24-25H2,1-4H3,(H,40,48)(H,41,49)(H,42,46). The zero-order valence-electron chi connectivity index (χ0n) is 28.4. The van der Waals surface area contributed by atoms with Crippen LogP contribution in [0.2, 0.25) is 0 Å². The molecule has 50 heavy (non-hydrogen) atoms. The van der Waals surface area contributed by atoms with E-state index < -0.39 is 41.6 Å². The van der Waals surface area contributed by atoms with Gasteiger partial charge in [-0.05, 0) is 43.2 Å². The van der Waals surface area contributed by atoms with E-state index in [1.54, 1.807) is 113 Å². The molecule has 0 fully saturated rings. The van der Waals surface area contributed by atoms with Gasteiger partial charge in [-0.1, -0.05) is 84.9 Å². The van der Waals surface area contributed by atoms with E-state index in [0.29, 0.717) is 16.7 Å². The molecule has 4 amide bonds. The molecule has 0 unspecified atom stereocenters. The lowest BCUT2D eigenvalue weighted by molar-refractivity contribution is -0.150. The number of amides is 4. The molecule has 0 aliphatic carbocycles. The summed E-state index contributed by atoms with van der Waals surface area (Å²) in [5, 5.41) is 8.14. The van der Waals surface area contributed by atoms with E-state index in [1.165, 1.54) is 23.1 Å². The van der Waals surface area contributed by atoms with Crippen LogP contribution in [0.1, 0.15) is 61.6 Å². The van der Waals surface area contributed by atoms with Crippen molar-refractivity contribution in [3.8, 4) is 0 Å². The maximum absolute atomic E-state index is 13.5. The summed E-state index contributed by atoms with van der Waals surface area (Å²) < 4.78 is 5.62. The Morgan fingerprint density at radius 2 is 1.24 bits per heavy atom. The highest BCUT2D eigenvalue weighted by Gasteiger charge is 2.48. The quantitative estimate of drug-likeness (QED) is 0.103. The molecule has 0 spiro atoms. The normalized spacial score (nSPS) is 10.8. The van der Waals surface area contributed by atoms with Crippen LogP contribution in [0.25, 0.3) is 0 Å². The van der Waals surface area contributed by atoms with Crippen LogP contribution in [0.5, 0.6) is 0 Å². The SMILES string of the molecule is CCNC(=O)C(COC(=O)Cc1ccc(NC(=O)c2ccccc2C(=O)c2ccccc2)c(C(=O)N(C)C)c1)(C(=O)NCC)c1ccccc1. The van der Waals surface area contributed by atoms with Crippen molar-refractivity contribution in [3.63, 3.8) is 0 Å². The van der Waals surface area contributed by atoms with Crippen LogP contribution in [0.3, 0.4) is 0 Å². The van der Waals surface area contributed by atoms with Gasteiger partial charge in [0.1, 0.15) is 6.61 Å². The lowest BCUT2D eigenvalue weighted by atomic mass is 9.79. The Bertz CT molecular complexity index is 1860. The smallest absolute Gasteiger partial charge is 0.310 e. The average molecular weight is 677 g/mol. The predicted molar refractivity (Wildman–Crippen MR) is 189 cm³/mol. The van der Waals surface area contributed by atoms with Crippen molar-refractivity contribution in [3.05, 3.63) is 137 Å². The molecule has 0 saturated heterocycles. The molecule has 4 aromatic rings. The highest BCUT2D eigenvalue weighted by Crippen LogP contribution is 2.27. The van der Waals surface area contributed by atoms with E-state index in [1.807, 2.05) is 0 Å². The molecule has 0 heterocycles. The largest absolute Gasteiger partial charge is 0.463 e. The molecule has 258 valence electrons. The lowest BCUT2D eigenvalue weighted by Gasteiger charge is -2.31. The molecule has 0 atom stereocenters. The first-order valence-corrected chi connectivity index (χ1v) is 16.2. The van der Waals surface area contributed by atoms with Crippen LogP contribution in [0.15, 0.2) is 103 Å². The summed E-state index contributed by atoms with van der Waals surface area (Å²) in [6, 6.07) is 27.9. The van der Waals surface area contributed by atoms with Gasteiger partial charge in [-0.3, -0.25) is 28.8 Å². The van der Waals surface area contributed by atoms with Crippen LogP contribution in [0.4, 0.5) is 5.69 Å². The maximum Gasteiger partial charge on any atom is 0.310 e. The number of ether oxygens (including phenoxy) is 1. The van der Waals surface area contributed by atoms with Crippen LogP contribution in [-0.4, -0.2) is 74.1 Å². The molecule has 4 rings (SSSR count). The summed E-state index contributed by atoms with van der Waals surface area (Å²) in [5.41, 5.74) is -0.0878. The van der Waals surface area contributed by atoms with E-state index in [0.717, 1.165) is 0 Å². The second-order valence-corrected chi connectivity index (χ2v) is 11.6. The highest BCUT2D eigenvalue weighted by molar-refractivity contribution is 6.18. The van der Waals surface area contributed by atoms with Crippen molar-refractivity contribution in [2.24, 2.45) is 0 Å². The third-order valence-electron chi connectivity index (χ3n) is 7.94. The van der Waals surface area contributed by atoms with Gasteiger partial charge in [-0.25, -0.2) is 0 Å². The summed E-state index contributed by atoms with van der Waals surface area (Å²) in [6.07, 6.45) is -0.300. The molecule has 0 aliphatic heterocycles. The number of nitrogens with one attached hydrogen (secondary N) is 3. The summed E-state index contributed by atoms with van der Waals surface area (Å²) >= 11 is 0. The summed E-state index contributed by atoms with van der Waals surface area (Å²) in [4.78, 5) is 81.5. The number of likely N-dealkylation sites (N-methyl/N-ethyl adjacent to an activating group) is 2. The minimum Gasteiger partial charge on any atom is -0.463 e. The zero-order chi connectivity index (χ0) is 36.3. The minimum absolute atomic E-state index is 0.101. The molecule has 0 saturated carbocycles. The fraction of sp³-hybridized carbons (Fsp3) is 0.231. The Morgan fingerprint density at radius 1 is 0.680 bits per heavy atom. The second-order valence-electron chi connectivity index (χ2n) is 11.6. The van der Waals surface area contributed by atoms with Gasteiger partial charge in [0.25, 0.3) is 11.8 Å². The fourth-order valence-electron chi connectivity index (χ4n) is 5.37. The third-order valence-corrected chi connectivity index (χ3v) is 7.94. The van der Waals surface area contributed by atoms with Crippen molar-refractivity contribution in [2.45, 2.75) is 25.7 Å². The first kappa shape index (κ1) is 36.7. The van der Waals surface area contributed by atoms with Gasteiger partial charge in [-0.15, -0.1) is 0 Å². The Morgan fingerprint density at radius 3 is 1.82 bits per heavy atom. The third kappa shape index (κ3) is 8.30. The van der Waals surface area contributed by atoms with Crippen LogP contribution in [0, 0.1) is 0 Å². The lowest BCUT2D eigenvalue weighted by Crippen LogP contribution is -2.57. The van der Waals surface area contributed by atoms with Gasteiger partial charge in [0, 0.05) is 38.3 Å². The molecule has 11 nitrogen and oxygen atoms in total.